The molecule has 0 saturated heterocycles. The van der Waals surface area contributed by atoms with Crippen molar-refractivity contribution in [1.82, 2.24) is 0 Å². The summed E-state index contributed by atoms with van der Waals surface area (Å²) in [5.41, 5.74) is 0. The molecule has 4 aromatic carbocycles. The molecule has 9 heteroatoms. The zero-order valence-electron chi connectivity index (χ0n) is 25.6. The third-order valence-electron chi connectivity index (χ3n) is 7.80. The topological polar surface area (TPSA) is 57.0 Å². The Kier molecular flexibility index (Phi) is 32.0. The van der Waals surface area contributed by atoms with E-state index >= 15 is 0 Å². The predicted molar refractivity (Wildman–Crippen MR) is 189 cm³/mol. The molecule has 241 valence electrons. The van der Waals surface area contributed by atoms with E-state index in [2.05, 4.69) is 149 Å². The number of benzene rings is 4. The summed E-state index contributed by atoms with van der Waals surface area (Å²) < 4.78 is 1.28. The van der Waals surface area contributed by atoms with Gasteiger partial charge in [-0.05, 0) is 76.2 Å². The summed E-state index contributed by atoms with van der Waals surface area (Å²) in [6, 6.07) is 44.5. The molecule has 0 amide bonds. The molecule has 43 heavy (non-hydrogen) atoms. The van der Waals surface area contributed by atoms with E-state index in [9.17, 15) is 0 Å². The van der Waals surface area contributed by atoms with Gasteiger partial charge in [0.2, 0.25) is 0 Å². The van der Waals surface area contributed by atoms with Crippen molar-refractivity contribution >= 4 is 64.1 Å². The van der Waals surface area contributed by atoms with Crippen LogP contribution in [0, 0.1) is 0 Å². The molecule has 0 unspecified atom stereocenters. The first kappa shape index (κ1) is 49.4. The minimum Gasteiger partial charge on any atom is -2.00 e. The van der Waals surface area contributed by atoms with Crippen LogP contribution >= 0.6 is 15.8 Å². The van der Waals surface area contributed by atoms with E-state index in [0.717, 1.165) is 0 Å². The van der Waals surface area contributed by atoms with Crippen LogP contribution in [0.1, 0.15) is 27.7 Å². The van der Waals surface area contributed by atoms with E-state index in [0.29, 0.717) is 0 Å². The summed E-state index contributed by atoms with van der Waals surface area (Å²) in [4.78, 5) is 0. The Morgan fingerprint density at radius 3 is 0.744 bits per heavy atom. The number of hydrogen-bond acceptors (Lipinski definition) is 0. The van der Waals surface area contributed by atoms with Gasteiger partial charge in [0, 0.05) is 21.1 Å². The fourth-order valence-electron chi connectivity index (χ4n) is 5.06. The summed E-state index contributed by atoms with van der Waals surface area (Å²) in [5, 5.41) is 6.06. The maximum Gasteiger partial charge on any atom is 2.00 e. The number of rotatable bonds is 11. The zero-order chi connectivity index (χ0) is 26.3. The van der Waals surface area contributed by atoms with E-state index in [1.807, 2.05) is 0 Å². The smallest absolute Gasteiger partial charge is 2.00 e. The van der Waals surface area contributed by atoms with Gasteiger partial charge in [0.15, 0.2) is 0 Å². The van der Waals surface area contributed by atoms with Crippen molar-refractivity contribution in [3.63, 3.8) is 0 Å². The van der Waals surface area contributed by atoms with Crippen LogP contribution in [-0.2, 0) is 76.1 Å². The van der Waals surface area contributed by atoms with Crippen LogP contribution < -0.4 is 21.2 Å². The fraction of sp³-hybridized carbons (Fsp3) is 0.294. The largest absolute Gasteiger partial charge is 2.00 e. The van der Waals surface area contributed by atoms with Crippen molar-refractivity contribution in [2.45, 2.75) is 27.7 Å². The van der Waals surface area contributed by atoms with E-state index in [1.54, 1.807) is 0 Å². The molecule has 0 aliphatic carbocycles. The molecule has 0 bridgehead atoms. The molecule has 0 spiro atoms. The summed E-state index contributed by atoms with van der Waals surface area (Å²) in [6.07, 6.45) is 2.52. The van der Waals surface area contributed by atoms with Crippen LogP contribution in [0.4, 0.5) is 0 Å². The Bertz CT molecular complexity index is 971. The van der Waals surface area contributed by atoms with E-state index in [4.69, 9.17) is 0 Å². The molecule has 0 aliphatic rings. The average Bonchev–Trinajstić information content (AvgIpc) is 2.99. The summed E-state index contributed by atoms with van der Waals surface area (Å²) in [6.45, 7) is 14.2. The average molecular weight is 786 g/mol. The first-order chi connectivity index (χ1) is 18.2. The van der Waals surface area contributed by atoms with Gasteiger partial charge in [-0.1, -0.05) is 72.8 Å². The minimum atomic E-state index is -0.783. The van der Waals surface area contributed by atoms with Crippen LogP contribution in [0.15, 0.2) is 121 Å². The van der Waals surface area contributed by atoms with Crippen molar-refractivity contribution in [3.8, 4) is 0 Å². The Hall–Kier alpha value is -0.472. The third kappa shape index (κ3) is 15.6. The number of hydrogen-bond donors (Lipinski definition) is 0. The van der Waals surface area contributed by atoms with Crippen molar-refractivity contribution in [1.29, 1.82) is 0 Å². The quantitative estimate of drug-likeness (QED) is 0.0968. The second kappa shape index (κ2) is 27.8. The van der Waals surface area contributed by atoms with E-state index in [-0.39, 0.29) is 76.1 Å². The van der Waals surface area contributed by atoms with Crippen LogP contribution in [0.2, 0.25) is 0 Å². The van der Waals surface area contributed by atoms with Gasteiger partial charge < -0.3 is 42.4 Å². The SMILES string of the molecule is CC[N+](CC)(CC)CC.[Cu+2].[Mo].[O-2].[O-2].[S-2].[S-2].c1ccc([PH+](CC[PH+](c2ccccc2)c2ccccc2)c2ccccc2)cc1. The molecular weight excluding hydrogens is 740 g/mol. The van der Waals surface area contributed by atoms with Crippen LogP contribution in [0.3, 0.4) is 0 Å². The van der Waals surface area contributed by atoms with Crippen molar-refractivity contribution in [2.24, 2.45) is 0 Å². The zero-order valence-corrected chi connectivity index (χ0v) is 32.2. The molecule has 4 rings (SSSR count). The molecule has 0 N–H and O–H groups in total. The van der Waals surface area contributed by atoms with Gasteiger partial charge in [-0.25, -0.2) is 0 Å². The summed E-state index contributed by atoms with van der Waals surface area (Å²) >= 11 is 0. The van der Waals surface area contributed by atoms with Crippen molar-refractivity contribution in [2.75, 3.05) is 38.5 Å². The van der Waals surface area contributed by atoms with Gasteiger partial charge in [-0.3, -0.25) is 0 Å². The second-order valence-corrected chi connectivity index (χ2v) is 14.8. The minimum absolute atomic E-state index is 0. The van der Waals surface area contributed by atoms with E-state index < -0.39 is 15.8 Å². The maximum absolute atomic E-state index is 2.32. The molecule has 0 aromatic heterocycles. The fourth-order valence-corrected chi connectivity index (χ4v) is 11.3. The van der Waals surface area contributed by atoms with Crippen LogP contribution in [0.5, 0.6) is 0 Å². The van der Waals surface area contributed by atoms with Gasteiger partial charge in [0.1, 0.15) is 12.3 Å². The van der Waals surface area contributed by atoms with Gasteiger partial charge >= 0.3 is 17.1 Å². The first-order valence-electron chi connectivity index (χ1n) is 13.9. The Labute approximate surface area is 303 Å². The Morgan fingerprint density at radius 1 is 0.419 bits per heavy atom. The summed E-state index contributed by atoms with van der Waals surface area (Å²) in [5.74, 6) is 0. The van der Waals surface area contributed by atoms with Gasteiger partial charge in [0.05, 0.1) is 63.2 Å². The molecule has 3 nitrogen and oxygen atoms in total. The molecule has 1 radical (unpaired) electrons. The molecule has 0 fully saturated rings. The normalized spacial score (nSPS) is 9.72. The van der Waals surface area contributed by atoms with Crippen LogP contribution in [-0.4, -0.2) is 43.0 Å². The van der Waals surface area contributed by atoms with Crippen molar-refractivity contribution < 1.29 is 53.6 Å². The molecular formula is C34H46CuMoNO2P2S2-3. The molecule has 0 heterocycles. The standard InChI is InChI=1S/C26H24P2.C8H20N.Cu.Mo.2O.2S/c1-5-13-23(14-6-1)27(24-15-7-2-8-16-24)21-22-28(25-17-9-3-10-18-25)26-19-11-4-12-20-26;1-5-9(6-2,7-3)8-4;;;;;;/h1-20H,21-22H2;5-8H2,1-4H3;;;;;;/q;+1;+2;;4*-2/p+2. The van der Waals surface area contributed by atoms with Crippen LogP contribution in [0.25, 0.3) is 0 Å². The van der Waals surface area contributed by atoms with Gasteiger partial charge in [0.25, 0.3) is 0 Å². The molecule has 0 aliphatic heterocycles. The second-order valence-electron chi connectivity index (χ2n) is 9.53. The monoisotopic (exact) mass is 787 g/mol. The number of nitrogens with zero attached hydrogens (tertiary/aromatic N) is 1. The molecule has 4 aromatic rings. The first-order valence-corrected chi connectivity index (χ1v) is 17.4. The van der Waals surface area contributed by atoms with Crippen molar-refractivity contribution in [3.05, 3.63) is 121 Å². The predicted octanol–water partition coefficient (Wildman–Crippen LogP) is 6.35. The Balaban J connectivity index is -0.000000449. The number of quaternary nitrogens is 1. The summed E-state index contributed by atoms with van der Waals surface area (Å²) in [7, 11) is -1.57. The third-order valence-corrected chi connectivity index (χ3v) is 13.9. The van der Waals surface area contributed by atoms with Gasteiger partial charge in [-0.2, -0.15) is 0 Å². The Morgan fingerprint density at radius 2 is 0.605 bits per heavy atom. The maximum atomic E-state index is 2.32. The molecule has 0 saturated carbocycles. The van der Waals surface area contributed by atoms with Gasteiger partial charge in [-0.15, -0.1) is 0 Å². The molecule has 0 atom stereocenters. The van der Waals surface area contributed by atoms with E-state index in [1.165, 1.54) is 64.2 Å².